The van der Waals surface area contributed by atoms with Crippen molar-refractivity contribution in [1.82, 2.24) is 0 Å². The molecule has 2 heterocycles. The first-order valence-corrected chi connectivity index (χ1v) is 26.0. The summed E-state index contributed by atoms with van der Waals surface area (Å²) in [5, 5.41) is 0. The minimum absolute atomic E-state index is 0.0275. The molecule has 0 aliphatic carbocycles. The maximum absolute atomic E-state index is 2.56. The van der Waals surface area contributed by atoms with E-state index < -0.39 is 0 Å². The fraction of sp³-hybridized carbons (Fsp3) is 0.0571. The van der Waals surface area contributed by atoms with Gasteiger partial charge in [0.25, 0.3) is 6.71 Å². The predicted molar refractivity (Wildman–Crippen MR) is 319 cm³/mol. The maximum atomic E-state index is 2.56. The molecule has 0 saturated heterocycles. The first kappa shape index (κ1) is 45.5. The van der Waals surface area contributed by atoms with Crippen LogP contribution in [0.15, 0.2) is 279 Å². The quantitative estimate of drug-likeness (QED) is 0.127. The second kappa shape index (κ2) is 18.9. The molecular formula is C70H55BN4. The number of benzene rings is 11. The molecule has 0 saturated carbocycles. The molecule has 11 aromatic rings. The molecule has 13 rings (SSSR count). The third-order valence-corrected chi connectivity index (χ3v) is 14.9. The smallest absolute Gasteiger partial charge is 0.252 e. The molecule has 0 bridgehead atoms. The Hall–Kier alpha value is -9.32. The van der Waals surface area contributed by atoms with Crippen LogP contribution in [-0.2, 0) is 5.41 Å². The van der Waals surface area contributed by atoms with E-state index in [1.54, 1.807) is 0 Å². The molecule has 0 amide bonds. The first-order valence-electron chi connectivity index (χ1n) is 26.0. The van der Waals surface area contributed by atoms with Gasteiger partial charge in [0.1, 0.15) is 0 Å². The first-order chi connectivity index (χ1) is 36.9. The molecule has 0 radical (unpaired) electrons. The Bertz CT molecular complexity index is 3770. The van der Waals surface area contributed by atoms with E-state index in [4.69, 9.17) is 0 Å². The van der Waals surface area contributed by atoms with Gasteiger partial charge in [0.05, 0.1) is 11.4 Å². The lowest BCUT2D eigenvalue weighted by molar-refractivity contribution is 0.590. The van der Waals surface area contributed by atoms with E-state index in [9.17, 15) is 0 Å². The summed E-state index contributed by atoms with van der Waals surface area (Å²) < 4.78 is 0. The summed E-state index contributed by atoms with van der Waals surface area (Å²) in [6, 6.07) is 102. The lowest BCUT2D eigenvalue weighted by Gasteiger charge is -2.45. The number of hydrogen-bond donors (Lipinski definition) is 0. The molecule has 0 N–H and O–H groups in total. The van der Waals surface area contributed by atoms with E-state index in [1.807, 2.05) is 0 Å². The standard InChI is InChI=1S/C70H55BN4/c1-70(2,3)53-39-41-58(42-40-53)75-66-47-59(72(54-28-14-6-15-29-54)55-30-16-7-17-31-55)43-44-62(66)71-63-46-52(50-24-10-4-11-25-50)38-45-65(63)74(57-34-20-9-21-35-57)67-48-60(49-68(75)69(67)71)73(56-32-18-8-19-33-56)64-37-23-22-36-61(64)51-26-12-5-13-27-51/h4-49H,1-3H3. The van der Waals surface area contributed by atoms with Crippen molar-refractivity contribution >= 4 is 91.3 Å². The van der Waals surface area contributed by atoms with Crippen LogP contribution in [-0.4, -0.2) is 6.71 Å². The van der Waals surface area contributed by atoms with Gasteiger partial charge in [-0.3, -0.25) is 0 Å². The average molecular weight is 963 g/mol. The van der Waals surface area contributed by atoms with Crippen molar-refractivity contribution < 1.29 is 0 Å². The molecule has 0 aromatic heterocycles. The van der Waals surface area contributed by atoms with Gasteiger partial charge in [-0.05, 0) is 141 Å². The number of hydrogen-bond acceptors (Lipinski definition) is 4. The van der Waals surface area contributed by atoms with Gasteiger partial charge >= 0.3 is 0 Å². The van der Waals surface area contributed by atoms with Gasteiger partial charge in [0, 0.05) is 62.4 Å². The molecule has 0 spiro atoms. The summed E-state index contributed by atoms with van der Waals surface area (Å²) in [6.07, 6.45) is 0. The fourth-order valence-corrected chi connectivity index (χ4v) is 11.4. The Kier molecular flexibility index (Phi) is 11.5. The zero-order valence-electron chi connectivity index (χ0n) is 42.4. The Morgan fingerprint density at radius 3 is 1.39 bits per heavy atom. The highest BCUT2D eigenvalue weighted by atomic mass is 15.2. The number of fused-ring (bicyclic) bond motifs is 4. The monoisotopic (exact) mass is 962 g/mol. The van der Waals surface area contributed by atoms with Crippen molar-refractivity contribution in [3.8, 4) is 22.3 Å². The largest absolute Gasteiger partial charge is 0.311 e. The molecule has 75 heavy (non-hydrogen) atoms. The maximum Gasteiger partial charge on any atom is 0.252 e. The van der Waals surface area contributed by atoms with E-state index in [-0.39, 0.29) is 12.1 Å². The molecule has 2 aliphatic heterocycles. The van der Waals surface area contributed by atoms with Gasteiger partial charge in [-0.2, -0.15) is 0 Å². The number of para-hydroxylation sites is 5. The van der Waals surface area contributed by atoms with E-state index in [0.29, 0.717) is 0 Å². The number of rotatable bonds is 10. The van der Waals surface area contributed by atoms with Gasteiger partial charge in [-0.25, -0.2) is 0 Å². The van der Waals surface area contributed by atoms with E-state index in [1.165, 1.54) is 33.1 Å². The minimum Gasteiger partial charge on any atom is -0.311 e. The van der Waals surface area contributed by atoms with Crippen LogP contribution >= 0.6 is 0 Å². The van der Waals surface area contributed by atoms with Crippen LogP contribution in [0.5, 0.6) is 0 Å². The van der Waals surface area contributed by atoms with E-state index in [0.717, 1.165) is 79.4 Å². The highest BCUT2D eigenvalue weighted by molar-refractivity contribution is 7.00. The summed E-state index contributed by atoms with van der Waals surface area (Å²) in [4.78, 5) is 9.92. The van der Waals surface area contributed by atoms with Gasteiger partial charge in [-0.15, -0.1) is 0 Å². The Morgan fingerprint density at radius 2 is 0.800 bits per heavy atom. The zero-order chi connectivity index (χ0) is 50.5. The average Bonchev–Trinajstić information content (AvgIpc) is 3.58. The second-order valence-electron chi connectivity index (χ2n) is 20.6. The lowest BCUT2D eigenvalue weighted by atomic mass is 9.33. The van der Waals surface area contributed by atoms with Crippen LogP contribution in [0, 0.1) is 0 Å². The Morgan fingerprint density at radius 1 is 0.320 bits per heavy atom. The molecule has 0 atom stereocenters. The van der Waals surface area contributed by atoms with Crippen molar-refractivity contribution in [3.05, 3.63) is 285 Å². The molecule has 358 valence electrons. The van der Waals surface area contributed by atoms with E-state index in [2.05, 4.69) is 319 Å². The Labute approximate surface area is 441 Å². The van der Waals surface area contributed by atoms with Crippen LogP contribution in [0.2, 0.25) is 0 Å². The summed E-state index contributed by atoms with van der Waals surface area (Å²) in [5.41, 5.74) is 22.9. The van der Waals surface area contributed by atoms with Gasteiger partial charge in [0.15, 0.2) is 0 Å². The number of anilines is 12. The molecular weight excluding hydrogens is 908 g/mol. The fourth-order valence-electron chi connectivity index (χ4n) is 11.4. The van der Waals surface area contributed by atoms with Gasteiger partial charge < -0.3 is 19.6 Å². The third kappa shape index (κ3) is 8.23. The van der Waals surface area contributed by atoms with E-state index >= 15 is 0 Å². The van der Waals surface area contributed by atoms with Crippen LogP contribution in [0.1, 0.15) is 26.3 Å². The van der Waals surface area contributed by atoms with Crippen LogP contribution in [0.25, 0.3) is 22.3 Å². The van der Waals surface area contributed by atoms with Gasteiger partial charge in [-0.1, -0.05) is 203 Å². The van der Waals surface area contributed by atoms with Crippen molar-refractivity contribution in [1.29, 1.82) is 0 Å². The minimum atomic E-state index is -0.125. The second-order valence-corrected chi connectivity index (χ2v) is 20.6. The number of nitrogens with zero attached hydrogens (tertiary/aromatic N) is 4. The van der Waals surface area contributed by atoms with Crippen molar-refractivity contribution in [2.24, 2.45) is 0 Å². The third-order valence-electron chi connectivity index (χ3n) is 14.9. The molecule has 5 heteroatoms. The molecule has 0 unspecified atom stereocenters. The van der Waals surface area contributed by atoms with Crippen LogP contribution in [0.3, 0.4) is 0 Å². The molecule has 2 aliphatic rings. The molecule has 4 nitrogen and oxygen atoms in total. The van der Waals surface area contributed by atoms with Crippen molar-refractivity contribution in [2.45, 2.75) is 26.2 Å². The summed E-state index contributed by atoms with van der Waals surface area (Å²) in [7, 11) is 0. The zero-order valence-corrected chi connectivity index (χ0v) is 42.4. The lowest BCUT2D eigenvalue weighted by Crippen LogP contribution is -2.61. The van der Waals surface area contributed by atoms with Crippen LogP contribution < -0.4 is 36.0 Å². The topological polar surface area (TPSA) is 13.0 Å². The Balaban J connectivity index is 1.15. The molecule has 11 aromatic carbocycles. The summed E-state index contributed by atoms with van der Waals surface area (Å²) >= 11 is 0. The molecule has 0 fully saturated rings. The van der Waals surface area contributed by atoms with Crippen molar-refractivity contribution in [3.63, 3.8) is 0 Å². The highest BCUT2D eigenvalue weighted by Gasteiger charge is 2.44. The highest BCUT2D eigenvalue weighted by Crippen LogP contribution is 2.50. The predicted octanol–water partition coefficient (Wildman–Crippen LogP) is 17.3. The summed E-state index contributed by atoms with van der Waals surface area (Å²) in [6.45, 7) is 6.75. The normalized spacial score (nSPS) is 12.4. The van der Waals surface area contributed by atoms with Crippen molar-refractivity contribution in [2.75, 3.05) is 19.6 Å². The van der Waals surface area contributed by atoms with Gasteiger partial charge in [0.2, 0.25) is 0 Å². The summed E-state index contributed by atoms with van der Waals surface area (Å²) in [5.74, 6) is 0. The van der Waals surface area contributed by atoms with Crippen LogP contribution in [0.4, 0.5) is 68.2 Å². The SMILES string of the molecule is CC(C)(C)c1ccc(N2c3cc(N(c4ccccc4)c4ccccc4)ccc3B3c4cc(-c5ccccc5)ccc4N(c4ccccc4)c4cc(N(c5ccccc5)c5ccccc5-c5ccccc5)cc2c43)cc1.